The van der Waals surface area contributed by atoms with E-state index in [1.54, 1.807) is 17.6 Å². The number of piperidine rings is 1. The van der Waals surface area contributed by atoms with Gasteiger partial charge in [-0.05, 0) is 32.0 Å². The Kier molecular flexibility index (Phi) is 5.13. The van der Waals surface area contributed by atoms with Crippen molar-refractivity contribution >= 4 is 17.2 Å². The number of carbonyl (C=O) groups is 1. The second-order valence-electron chi connectivity index (χ2n) is 6.03. The van der Waals surface area contributed by atoms with Crippen LogP contribution in [0.2, 0.25) is 0 Å². The zero-order valence-corrected chi connectivity index (χ0v) is 14.5. The Balaban J connectivity index is 1.60. The Hall–Kier alpha value is -1.66. The number of rotatable bonds is 5. The number of likely N-dealkylation sites (N-methyl/N-ethyl adjacent to an activating group) is 1. The van der Waals surface area contributed by atoms with Crippen LogP contribution in [-0.2, 0) is 11.3 Å². The van der Waals surface area contributed by atoms with Crippen molar-refractivity contribution in [3.8, 4) is 10.8 Å². The van der Waals surface area contributed by atoms with Gasteiger partial charge in [0.1, 0.15) is 0 Å². The number of hydrogen-bond acceptors (Lipinski definition) is 5. The zero-order valence-electron chi connectivity index (χ0n) is 13.7. The summed E-state index contributed by atoms with van der Waals surface area (Å²) in [5.74, 6) is 1.08. The maximum absolute atomic E-state index is 11.9. The molecule has 0 aromatic carbocycles. The molecule has 2 aromatic heterocycles. The average Bonchev–Trinajstić information content (AvgIpc) is 3.25. The van der Waals surface area contributed by atoms with Gasteiger partial charge in [0, 0.05) is 37.5 Å². The number of amides is 1. The fourth-order valence-corrected chi connectivity index (χ4v) is 3.82. The summed E-state index contributed by atoms with van der Waals surface area (Å²) in [5.41, 5.74) is 1.06. The first kappa shape index (κ1) is 16.2. The molecule has 1 saturated heterocycles. The lowest BCUT2D eigenvalue weighted by molar-refractivity contribution is -0.132. The van der Waals surface area contributed by atoms with Gasteiger partial charge in [-0.25, -0.2) is 4.98 Å². The molecule has 3 heterocycles. The van der Waals surface area contributed by atoms with E-state index in [-0.39, 0.29) is 5.91 Å². The molecule has 0 spiro atoms. The second-order valence-corrected chi connectivity index (χ2v) is 6.88. The normalized spacial score (nSPS) is 18.6. The van der Waals surface area contributed by atoms with E-state index < -0.39 is 0 Å². The highest BCUT2D eigenvalue weighted by Crippen LogP contribution is 2.25. The summed E-state index contributed by atoms with van der Waals surface area (Å²) >= 11 is 1.61. The van der Waals surface area contributed by atoms with Crippen LogP contribution in [0, 0.1) is 0 Å². The van der Waals surface area contributed by atoms with Crippen LogP contribution in [0.5, 0.6) is 0 Å². The van der Waals surface area contributed by atoms with E-state index in [2.05, 4.69) is 22.3 Å². The van der Waals surface area contributed by atoms with Crippen LogP contribution in [0.3, 0.4) is 0 Å². The van der Waals surface area contributed by atoms with Gasteiger partial charge in [-0.15, -0.1) is 11.3 Å². The highest BCUT2D eigenvalue weighted by atomic mass is 32.1. The summed E-state index contributed by atoms with van der Waals surface area (Å²) in [7, 11) is 2.12. The van der Waals surface area contributed by atoms with Gasteiger partial charge in [-0.1, -0.05) is 6.92 Å². The van der Waals surface area contributed by atoms with Crippen LogP contribution in [0.15, 0.2) is 28.2 Å². The van der Waals surface area contributed by atoms with E-state index in [1.807, 2.05) is 24.0 Å². The molecule has 0 bridgehead atoms. The monoisotopic (exact) mass is 333 g/mol. The Morgan fingerprint density at radius 2 is 2.43 bits per heavy atom. The number of thiazole rings is 1. The van der Waals surface area contributed by atoms with E-state index in [1.165, 1.54) is 0 Å². The van der Waals surface area contributed by atoms with Crippen molar-refractivity contribution in [3.05, 3.63) is 29.5 Å². The standard InChI is InChI=1S/C17H23N3O2S/c1-3-16(21)20-8-4-6-14(11-20)19(2)10-13-12-23-17(18-13)15-7-5-9-22-15/h5,7,9,12,14H,3-4,6,8,10-11H2,1-2H3. The van der Waals surface area contributed by atoms with Gasteiger partial charge in [0.15, 0.2) is 10.8 Å². The molecular formula is C17H23N3O2S. The van der Waals surface area contributed by atoms with E-state index >= 15 is 0 Å². The summed E-state index contributed by atoms with van der Waals surface area (Å²) in [6.07, 6.45) is 4.48. The SMILES string of the molecule is CCC(=O)N1CCCC(N(C)Cc2csc(-c3ccco3)n2)C1. The fourth-order valence-electron chi connectivity index (χ4n) is 3.04. The van der Waals surface area contributed by atoms with Crippen LogP contribution in [-0.4, -0.2) is 46.9 Å². The average molecular weight is 333 g/mol. The number of aromatic nitrogens is 1. The van der Waals surface area contributed by atoms with E-state index in [9.17, 15) is 4.79 Å². The van der Waals surface area contributed by atoms with Crippen molar-refractivity contribution in [2.45, 2.75) is 38.8 Å². The Morgan fingerprint density at radius 1 is 1.57 bits per heavy atom. The Morgan fingerprint density at radius 3 is 3.17 bits per heavy atom. The summed E-state index contributed by atoms with van der Waals surface area (Å²) in [6, 6.07) is 4.22. The van der Waals surface area contributed by atoms with Crippen LogP contribution >= 0.6 is 11.3 Å². The van der Waals surface area contributed by atoms with Crippen molar-refractivity contribution in [3.63, 3.8) is 0 Å². The van der Waals surface area contributed by atoms with Crippen molar-refractivity contribution < 1.29 is 9.21 Å². The third-order valence-electron chi connectivity index (χ3n) is 4.37. The number of furan rings is 1. The molecule has 1 atom stereocenters. The molecule has 1 amide bonds. The van der Waals surface area contributed by atoms with E-state index in [4.69, 9.17) is 4.42 Å². The minimum absolute atomic E-state index is 0.261. The third-order valence-corrected chi connectivity index (χ3v) is 5.28. The maximum atomic E-state index is 11.9. The molecule has 0 N–H and O–H groups in total. The predicted molar refractivity (Wildman–Crippen MR) is 91.2 cm³/mol. The summed E-state index contributed by atoms with van der Waals surface area (Å²) < 4.78 is 5.40. The zero-order chi connectivity index (χ0) is 16.2. The lowest BCUT2D eigenvalue weighted by Crippen LogP contribution is -2.48. The summed E-state index contributed by atoms with van der Waals surface area (Å²) in [5, 5.41) is 3.01. The quantitative estimate of drug-likeness (QED) is 0.843. The molecule has 1 fully saturated rings. The van der Waals surface area contributed by atoms with Gasteiger partial charge in [0.25, 0.3) is 0 Å². The number of hydrogen-bond donors (Lipinski definition) is 0. The first-order valence-corrected chi connectivity index (χ1v) is 9.01. The topological polar surface area (TPSA) is 49.6 Å². The minimum Gasteiger partial charge on any atom is -0.462 e. The lowest BCUT2D eigenvalue weighted by Gasteiger charge is -2.37. The Labute approximate surface area is 140 Å². The molecule has 3 rings (SSSR count). The predicted octanol–water partition coefficient (Wildman–Crippen LogP) is 3.24. The van der Waals surface area contributed by atoms with Gasteiger partial charge < -0.3 is 9.32 Å². The fraction of sp³-hybridized carbons (Fsp3) is 0.529. The molecule has 23 heavy (non-hydrogen) atoms. The summed E-state index contributed by atoms with van der Waals surface area (Å²) in [6.45, 7) is 4.46. The molecule has 6 heteroatoms. The molecule has 0 aliphatic carbocycles. The number of likely N-dealkylation sites (tertiary alicyclic amines) is 1. The molecule has 2 aromatic rings. The molecule has 124 valence electrons. The second kappa shape index (κ2) is 7.27. The molecule has 1 aliphatic rings. The first-order valence-electron chi connectivity index (χ1n) is 8.13. The van der Waals surface area contributed by atoms with Crippen molar-refractivity contribution in [2.24, 2.45) is 0 Å². The van der Waals surface area contributed by atoms with Gasteiger partial charge in [-0.3, -0.25) is 9.69 Å². The van der Waals surface area contributed by atoms with Gasteiger partial charge in [-0.2, -0.15) is 0 Å². The van der Waals surface area contributed by atoms with Crippen LogP contribution in [0.1, 0.15) is 31.9 Å². The largest absolute Gasteiger partial charge is 0.462 e. The number of carbonyl (C=O) groups excluding carboxylic acids is 1. The third kappa shape index (κ3) is 3.82. The molecular weight excluding hydrogens is 310 g/mol. The van der Waals surface area contributed by atoms with Crippen LogP contribution in [0.25, 0.3) is 10.8 Å². The molecule has 0 saturated carbocycles. The van der Waals surface area contributed by atoms with Crippen molar-refractivity contribution in [2.75, 3.05) is 20.1 Å². The van der Waals surface area contributed by atoms with Crippen molar-refractivity contribution in [1.29, 1.82) is 0 Å². The van der Waals surface area contributed by atoms with Gasteiger partial charge in [0.05, 0.1) is 12.0 Å². The van der Waals surface area contributed by atoms with Crippen LogP contribution in [0.4, 0.5) is 0 Å². The number of nitrogens with zero attached hydrogens (tertiary/aromatic N) is 3. The summed E-state index contributed by atoms with van der Waals surface area (Å²) in [4.78, 5) is 20.9. The van der Waals surface area contributed by atoms with Gasteiger partial charge in [0.2, 0.25) is 5.91 Å². The highest BCUT2D eigenvalue weighted by Gasteiger charge is 2.25. The smallest absolute Gasteiger partial charge is 0.222 e. The van der Waals surface area contributed by atoms with Crippen LogP contribution < -0.4 is 0 Å². The highest BCUT2D eigenvalue weighted by molar-refractivity contribution is 7.13. The first-order chi connectivity index (χ1) is 11.2. The molecule has 5 nitrogen and oxygen atoms in total. The molecule has 1 aliphatic heterocycles. The van der Waals surface area contributed by atoms with E-state index in [0.717, 1.165) is 48.9 Å². The minimum atomic E-state index is 0.261. The van der Waals surface area contributed by atoms with E-state index in [0.29, 0.717) is 12.5 Å². The maximum Gasteiger partial charge on any atom is 0.222 e. The molecule has 1 unspecified atom stereocenters. The van der Waals surface area contributed by atoms with Crippen molar-refractivity contribution in [1.82, 2.24) is 14.8 Å². The molecule has 0 radical (unpaired) electrons. The lowest BCUT2D eigenvalue weighted by atomic mass is 10.0. The van der Waals surface area contributed by atoms with Gasteiger partial charge >= 0.3 is 0 Å². The Bertz CT molecular complexity index is 638.